The molecule has 2 N–H and O–H groups in total. The van der Waals surface area contributed by atoms with Crippen molar-refractivity contribution in [2.24, 2.45) is 0 Å². The molecular formula is C18H25N3O3. The average molecular weight is 331 g/mol. The molecule has 6 nitrogen and oxygen atoms in total. The maximum Gasteiger partial charge on any atom is 0.119 e. The Kier molecular flexibility index (Phi) is 6.05. The molecule has 0 spiro atoms. The Balaban J connectivity index is 1.30. The molecule has 0 amide bonds. The molecule has 6 heteroatoms. The summed E-state index contributed by atoms with van der Waals surface area (Å²) < 4.78 is 11.3. The molecule has 1 aliphatic heterocycles. The average Bonchev–Trinajstić information content (AvgIpc) is 3.46. The van der Waals surface area contributed by atoms with Gasteiger partial charge in [-0.2, -0.15) is 5.26 Å². The first kappa shape index (κ1) is 17.2. The zero-order chi connectivity index (χ0) is 16.8. The quantitative estimate of drug-likeness (QED) is 0.732. The molecule has 0 unspecified atom stereocenters. The topological polar surface area (TPSA) is 77.8 Å². The van der Waals surface area contributed by atoms with Gasteiger partial charge in [-0.3, -0.25) is 4.90 Å². The van der Waals surface area contributed by atoms with E-state index in [1.165, 1.54) is 12.8 Å². The number of benzene rings is 1. The first-order valence-electron chi connectivity index (χ1n) is 8.62. The molecule has 1 heterocycles. The maximum atomic E-state index is 10.00. The van der Waals surface area contributed by atoms with Crippen LogP contribution in [0.25, 0.3) is 0 Å². The highest BCUT2D eigenvalue weighted by Gasteiger charge is 2.32. The van der Waals surface area contributed by atoms with Gasteiger partial charge in [-0.15, -0.1) is 0 Å². The fourth-order valence-electron chi connectivity index (χ4n) is 2.92. The minimum atomic E-state index is -0.580. The lowest BCUT2D eigenvalue weighted by molar-refractivity contribution is -0.0312. The fraction of sp³-hybridized carbons (Fsp3) is 0.611. The van der Waals surface area contributed by atoms with Gasteiger partial charge in [0.15, 0.2) is 0 Å². The summed E-state index contributed by atoms with van der Waals surface area (Å²) >= 11 is 0. The zero-order valence-corrected chi connectivity index (χ0v) is 13.9. The van der Waals surface area contributed by atoms with Crippen molar-refractivity contribution in [3.63, 3.8) is 0 Å². The standard InChI is InChI=1S/C18H25N3O3/c19-9-14-1-5-17(6-2-14)24-13-16(22)10-20-11-18-12-21(7-8-23-18)15-3-4-15/h1-2,5-6,15-16,18,20,22H,3-4,7-8,10-13H2/t16-,18+/m1/s1. The number of aliphatic hydroxyl groups excluding tert-OH is 1. The molecule has 1 aromatic carbocycles. The summed E-state index contributed by atoms with van der Waals surface area (Å²) in [7, 11) is 0. The number of aliphatic hydroxyl groups is 1. The van der Waals surface area contributed by atoms with Crippen molar-refractivity contribution in [1.29, 1.82) is 5.26 Å². The van der Waals surface area contributed by atoms with E-state index >= 15 is 0 Å². The Labute approximate surface area is 143 Å². The Morgan fingerprint density at radius 1 is 1.38 bits per heavy atom. The number of nitrogens with one attached hydrogen (secondary N) is 1. The predicted octanol–water partition coefficient (Wildman–Crippen LogP) is 0.751. The third-order valence-electron chi connectivity index (χ3n) is 4.41. The summed E-state index contributed by atoms with van der Waals surface area (Å²) in [4.78, 5) is 2.51. The highest BCUT2D eigenvalue weighted by molar-refractivity contribution is 5.34. The van der Waals surface area contributed by atoms with Crippen LogP contribution in [0, 0.1) is 11.3 Å². The van der Waals surface area contributed by atoms with Gasteiger partial charge in [0.2, 0.25) is 0 Å². The molecule has 1 aromatic rings. The second-order valence-corrected chi connectivity index (χ2v) is 6.48. The smallest absolute Gasteiger partial charge is 0.119 e. The van der Waals surface area contributed by atoms with Crippen molar-refractivity contribution in [3.05, 3.63) is 29.8 Å². The Hall–Kier alpha value is -1.65. The van der Waals surface area contributed by atoms with Gasteiger partial charge in [-0.25, -0.2) is 0 Å². The van der Waals surface area contributed by atoms with Gasteiger partial charge < -0.3 is 19.9 Å². The summed E-state index contributed by atoms with van der Waals surface area (Å²) in [6.07, 6.45) is 2.27. The molecule has 0 bridgehead atoms. The van der Waals surface area contributed by atoms with E-state index in [2.05, 4.69) is 16.3 Å². The van der Waals surface area contributed by atoms with Crippen LogP contribution >= 0.6 is 0 Å². The summed E-state index contributed by atoms with van der Waals surface area (Å²) in [6, 6.07) is 9.72. The van der Waals surface area contributed by atoms with Crippen LogP contribution < -0.4 is 10.1 Å². The monoisotopic (exact) mass is 331 g/mol. The predicted molar refractivity (Wildman–Crippen MR) is 89.9 cm³/mol. The van der Waals surface area contributed by atoms with Gasteiger partial charge in [0.1, 0.15) is 18.5 Å². The van der Waals surface area contributed by atoms with Crippen LogP contribution in [-0.4, -0.2) is 67.6 Å². The fourth-order valence-corrected chi connectivity index (χ4v) is 2.92. The van der Waals surface area contributed by atoms with Crippen molar-refractivity contribution in [2.75, 3.05) is 39.4 Å². The molecule has 1 saturated heterocycles. The van der Waals surface area contributed by atoms with Gasteiger partial charge in [0, 0.05) is 32.2 Å². The van der Waals surface area contributed by atoms with Crippen LogP contribution in [0.4, 0.5) is 0 Å². The zero-order valence-electron chi connectivity index (χ0n) is 13.9. The maximum absolute atomic E-state index is 10.00. The van der Waals surface area contributed by atoms with Crippen LogP contribution in [0.2, 0.25) is 0 Å². The summed E-state index contributed by atoms with van der Waals surface area (Å²) in [5, 5.41) is 22.0. The number of morpholine rings is 1. The lowest BCUT2D eigenvalue weighted by Crippen LogP contribution is -2.48. The molecule has 2 fully saturated rings. The number of hydrogen-bond donors (Lipinski definition) is 2. The third-order valence-corrected chi connectivity index (χ3v) is 4.41. The van der Waals surface area contributed by atoms with Crippen LogP contribution in [0.3, 0.4) is 0 Å². The van der Waals surface area contributed by atoms with Crippen molar-refractivity contribution in [2.45, 2.75) is 31.1 Å². The highest BCUT2D eigenvalue weighted by Crippen LogP contribution is 2.28. The van der Waals surface area contributed by atoms with Gasteiger partial charge in [-0.05, 0) is 37.1 Å². The number of hydrogen-bond acceptors (Lipinski definition) is 6. The van der Waals surface area contributed by atoms with Crippen molar-refractivity contribution < 1.29 is 14.6 Å². The molecular weight excluding hydrogens is 306 g/mol. The first-order valence-corrected chi connectivity index (χ1v) is 8.62. The second kappa shape index (κ2) is 8.45. The van der Waals surface area contributed by atoms with E-state index in [0.717, 1.165) is 32.3 Å². The van der Waals surface area contributed by atoms with E-state index in [4.69, 9.17) is 14.7 Å². The molecule has 1 saturated carbocycles. The molecule has 0 aromatic heterocycles. The second-order valence-electron chi connectivity index (χ2n) is 6.48. The summed E-state index contributed by atoms with van der Waals surface area (Å²) in [6.45, 7) is 4.26. The SMILES string of the molecule is N#Cc1ccc(OC[C@H](O)CNC[C@H]2CN(C3CC3)CCO2)cc1. The largest absolute Gasteiger partial charge is 0.491 e. The number of ether oxygens (including phenoxy) is 2. The normalized spacial score (nSPS) is 22.8. The minimum Gasteiger partial charge on any atom is -0.491 e. The molecule has 3 rings (SSSR count). The Morgan fingerprint density at radius 3 is 2.88 bits per heavy atom. The van der Waals surface area contributed by atoms with Gasteiger partial charge in [0.05, 0.1) is 24.3 Å². The summed E-state index contributed by atoms with van der Waals surface area (Å²) in [5.74, 6) is 0.656. The molecule has 2 atom stereocenters. The molecule has 1 aliphatic carbocycles. The van der Waals surface area contributed by atoms with E-state index in [1.807, 2.05) is 0 Å². The number of nitrogens with zero attached hydrogens (tertiary/aromatic N) is 2. The Morgan fingerprint density at radius 2 is 2.17 bits per heavy atom. The molecule has 24 heavy (non-hydrogen) atoms. The lowest BCUT2D eigenvalue weighted by atomic mass is 10.2. The number of nitriles is 1. The lowest BCUT2D eigenvalue weighted by Gasteiger charge is -2.33. The molecule has 130 valence electrons. The number of rotatable bonds is 8. The first-order chi connectivity index (χ1) is 11.7. The molecule has 2 aliphatic rings. The van der Waals surface area contributed by atoms with E-state index in [-0.39, 0.29) is 12.7 Å². The van der Waals surface area contributed by atoms with E-state index in [1.54, 1.807) is 24.3 Å². The van der Waals surface area contributed by atoms with Crippen LogP contribution in [0.15, 0.2) is 24.3 Å². The Bertz CT molecular complexity index is 554. The van der Waals surface area contributed by atoms with E-state index in [9.17, 15) is 5.11 Å². The van der Waals surface area contributed by atoms with Crippen molar-refractivity contribution in [3.8, 4) is 11.8 Å². The highest BCUT2D eigenvalue weighted by atomic mass is 16.5. The van der Waals surface area contributed by atoms with Crippen LogP contribution in [-0.2, 0) is 4.74 Å². The van der Waals surface area contributed by atoms with E-state index in [0.29, 0.717) is 17.9 Å². The van der Waals surface area contributed by atoms with Crippen molar-refractivity contribution in [1.82, 2.24) is 10.2 Å². The third kappa shape index (κ3) is 5.18. The van der Waals surface area contributed by atoms with Gasteiger partial charge >= 0.3 is 0 Å². The van der Waals surface area contributed by atoms with Gasteiger partial charge in [0.25, 0.3) is 0 Å². The molecule has 0 radical (unpaired) electrons. The van der Waals surface area contributed by atoms with Crippen LogP contribution in [0.5, 0.6) is 5.75 Å². The van der Waals surface area contributed by atoms with E-state index < -0.39 is 6.10 Å². The minimum absolute atomic E-state index is 0.200. The van der Waals surface area contributed by atoms with Crippen LogP contribution in [0.1, 0.15) is 18.4 Å². The van der Waals surface area contributed by atoms with Crippen molar-refractivity contribution >= 4 is 0 Å². The summed E-state index contributed by atoms with van der Waals surface area (Å²) in [5.41, 5.74) is 0.595. The van der Waals surface area contributed by atoms with Gasteiger partial charge in [-0.1, -0.05) is 0 Å².